The highest BCUT2D eigenvalue weighted by Crippen LogP contribution is 2.38. The number of carbonyl (C=O) groups is 1. The van der Waals surface area contributed by atoms with Crippen molar-refractivity contribution in [2.24, 2.45) is 17.3 Å². The van der Waals surface area contributed by atoms with Gasteiger partial charge in [0.05, 0.1) is 30.2 Å². The van der Waals surface area contributed by atoms with E-state index in [0.29, 0.717) is 12.8 Å². The molecule has 0 aromatic carbocycles. The number of rotatable bonds is 5. The summed E-state index contributed by atoms with van der Waals surface area (Å²) >= 11 is 0. The molecule has 0 unspecified atom stereocenters. The van der Waals surface area contributed by atoms with E-state index in [4.69, 9.17) is 21.0 Å². The van der Waals surface area contributed by atoms with Gasteiger partial charge in [0.2, 0.25) is 0 Å². The van der Waals surface area contributed by atoms with Gasteiger partial charge in [-0.1, -0.05) is 13.3 Å². The number of carbonyl (C=O) groups excluding carboxylic acids is 1. The SMILES string of the molecule is CCC[C@H](C(C)=O)C(C#N)(C#N)C(C#N)C#N. The summed E-state index contributed by atoms with van der Waals surface area (Å²) in [5.74, 6) is -2.66. The summed E-state index contributed by atoms with van der Waals surface area (Å²) in [6, 6.07) is 6.67. The topological polar surface area (TPSA) is 112 Å². The Labute approximate surface area is 100 Å². The molecule has 0 radical (unpaired) electrons. The minimum atomic E-state index is -1.87. The van der Waals surface area contributed by atoms with Gasteiger partial charge >= 0.3 is 0 Å². The molecule has 86 valence electrons. The molecule has 0 aromatic rings. The second-order valence-electron chi connectivity index (χ2n) is 3.74. The number of hydrogen-bond acceptors (Lipinski definition) is 5. The highest BCUT2D eigenvalue weighted by atomic mass is 16.1. The molecule has 5 heteroatoms. The standard InChI is InChI=1S/C12H12N4O/c1-3-4-11(9(2)17)12(7-15,8-16)10(5-13)6-14/h10-11H,3-4H2,1-2H3/t11-/m1/s1. The molecule has 17 heavy (non-hydrogen) atoms. The van der Waals surface area contributed by atoms with Crippen LogP contribution in [-0.2, 0) is 4.79 Å². The van der Waals surface area contributed by atoms with Gasteiger partial charge in [0.25, 0.3) is 0 Å². The maximum Gasteiger partial charge on any atom is 0.182 e. The van der Waals surface area contributed by atoms with Gasteiger partial charge in [-0.05, 0) is 13.3 Å². The van der Waals surface area contributed by atoms with Crippen molar-refractivity contribution in [1.29, 1.82) is 21.0 Å². The Morgan fingerprint density at radius 1 is 1.18 bits per heavy atom. The second-order valence-corrected chi connectivity index (χ2v) is 3.74. The van der Waals surface area contributed by atoms with Gasteiger partial charge in [-0.2, -0.15) is 21.0 Å². The number of nitriles is 4. The molecule has 0 spiro atoms. The molecule has 0 aromatic heterocycles. The van der Waals surface area contributed by atoms with Crippen LogP contribution in [0, 0.1) is 62.6 Å². The lowest BCUT2D eigenvalue weighted by atomic mass is 9.66. The van der Waals surface area contributed by atoms with Gasteiger partial charge in [0, 0.05) is 0 Å². The highest BCUT2D eigenvalue weighted by molar-refractivity contribution is 5.80. The number of Topliss-reactive ketones (excluding diaryl/α,β-unsaturated/α-hetero) is 1. The lowest BCUT2D eigenvalue weighted by Crippen LogP contribution is -2.38. The van der Waals surface area contributed by atoms with E-state index in [1.165, 1.54) is 6.92 Å². The largest absolute Gasteiger partial charge is 0.300 e. The van der Waals surface area contributed by atoms with Gasteiger partial charge in [-0.15, -0.1) is 0 Å². The van der Waals surface area contributed by atoms with Crippen molar-refractivity contribution < 1.29 is 4.79 Å². The van der Waals surface area contributed by atoms with Crippen molar-refractivity contribution in [2.75, 3.05) is 0 Å². The van der Waals surface area contributed by atoms with Crippen molar-refractivity contribution in [3.05, 3.63) is 0 Å². The normalized spacial score (nSPS) is 11.7. The van der Waals surface area contributed by atoms with E-state index in [0.717, 1.165) is 0 Å². The predicted octanol–water partition coefficient (Wildman–Crippen LogP) is 1.69. The Bertz CT molecular complexity index is 427. The first kappa shape index (κ1) is 14.6. The van der Waals surface area contributed by atoms with Crippen LogP contribution < -0.4 is 0 Å². The van der Waals surface area contributed by atoms with Crippen LogP contribution in [-0.4, -0.2) is 5.78 Å². The fourth-order valence-corrected chi connectivity index (χ4v) is 1.78. The summed E-state index contributed by atoms with van der Waals surface area (Å²) in [7, 11) is 0. The van der Waals surface area contributed by atoms with Crippen molar-refractivity contribution in [3.8, 4) is 24.3 Å². The molecule has 0 fully saturated rings. The van der Waals surface area contributed by atoms with Crippen LogP contribution in [0.25, 0.3) is 0 Å². The third kappa shape index (κ3) is 2.60. The zero-order valence-corrected chi connectivity index (χ0v) is 9.77. The molecule has 0 heterocycles. The van der Waals surface area contributed by atoms with Gasteiger partial charge in [0.15, 0.2) is 11.3 Å². The first-order chi connectivity index (χ1) is 8.03. The van der Waals surface area contributed by atoms with E-state index in [-0.39, 0.29) is 5.78 Å². The predicted molar refractivity (Wildman–Crippen MR) is 57.5 cm³/mol. The molecule has 0 bridgehead atoms. The third-order valence-corrected chi connectivity index (χ3v) is 2.70. The Kier molecular flexibility index (Phi) is 5.39. The van der Waals surface area contributed by atoms with E-state index in [1.807, 2.05) is 6.92 Å². The fraction of sp³-hybridized carbons (Fsp3) is 0.583. The van der Waals surface area contributed by atoms with Crippen molar-refractivity contribution in [1.82, 2.24) is 0 Å². The lowest BCUT2D eigenvalue weighted by Gasteiger charge is -2.27. The smallest absolute Gasteiger partial charge is 0.182 e. The minimum Gasteiger partial charge on any atom is -0.300 e. The molecule has 0 amide bonds. The van der Waals surface area contributed by atoms with Crippen LogP contribution in [0.4, 0.5) is 0 Å². The summed E-state index contributed by atoms with van der Waals surface area (Å²) in [6.07, 6.45) is 0.912. The van der Waals surface area contributed by atoms with Gasteiger partial charge in [0.1, 0.15) is 5.78 Å². The Hall–Kier alpha value is -2.37. The van der Waals surface area contributed by atoms with E-state index >= 15 is 0 Å². The molecule has 0 saturated carbocycles. The number of hydrogen-bond donors (Lipinski definition) is 0. The van der Waals surface area contributed by atoms with E-state index in [2.05, 4.69) is 0 Å². The van der Waals surface area contributed by atoms with E-state index < -0.39 is 17.3 Å². The summed E-state index contributed by atoms with van der Waals surface area (Å²) in [5.41, 5.74) is -1.87. The van der Waals surface area contributed by atoms with Crippen molar-refractivity contribution >= 4 is 5.78 Å². The van der Waals surface area contributed by atoms with E-state index in [9.17, 15) is 4.79 Å². The first-order valence-electron chi connectivity index (χ1n) is 5.16. The Balaban J connectivity index is 5.74. The van der Waals surface area contributed by atoms with Gasteiger partial charge in [-0.25, -0.2) is 0 Å². The van der Waals surface area contributed by atoms with Crippen LogP contribution in [0.5, 0.6) is 0 Å². The monoisotopic (exact) mass is 228 g/mol. The van der Waals surface area contributed by atoms with Gasteiger partial charge < -0.3 is 0 Å². The average Bonchev–Trinajstić information content (AvgIpc) is 2.33. The number of nitrogens with zero attached hydrogens (tertiary/aromatic N) is 4. The molecule has 0 saturated heterocycles. The summed E-state index contributed by atoms with van der Waals surface area (Å²) in [4.78, 5) is 11.5. The van der Waals surface area contributed by atoms with Crippen LogP contribution >= 0.6 is 0 Å². The zero-order valence-electron chi connectivity index (χ0n) is 9.77. The maximum atomic E-state index is 11.5. The molecule has 0 N–H and O–H groups in total. The quantitative estimate of drug-likeness (QED) is 0.710. The Morgan fingerprint density at radius 2 is 1.65 bits per heavy atom. The number of ketones is 1. The van der Waals surface area contributed by atoms with E-state index in [1.54, 1.807) is 24.3 Å². The Morgan fingerprint density at radius 3 is 1.88 bits per heavy atom. The van der Waals surface area contributed by atoms with Crippen LogP contribution in [0.3, 0.4) is 0 Å². The second kappa shape index (κ2) is 6.26. The molecule has 0 aliphatic carbocycles. The van der Waals surface area contributed by atoms with Crippen molar-refractivity contribution in [2.45, 2.75) is 26.7 Å². The lowest BCUT2D eigenvalue weighted by molar-refractivity contribution is -0.123. The molecule has 0 rings (SSSR count). The van der Waals surface area contributed by atoms with Crippen LogP contribution in [0.2, 0.25) is 0 Å². The fourth-order valence-electron chi connectivity index (χ4n) is 1.78. The first-order valence-corrected chi connectivity index (χ1v) is 5.16. The third-order valence-electron chi connectivity index (χ3n) is 2.70. The summed E-state index contributed by atoms with van der Waals surface area (Å²) in [5, 5.41) is 35.9. The molecule has 1 atom stereocenters. The van der Waals surface area contributed by atoms with Crippen molar-refractivity contribution in [3.63, 3.8) is 0 Å². The maximum absolute atomic E-state index is 11.5. The highest BCUT2D eigenvalue weighted by Gasteiger charge is 2.49. The molecule has 0 aliphatic rings. The van der Waals surface area contributed by atoms with Gasteiger partial charge in [-0.3, -0.25) is 4.79 Å². The molecular formula is C12H12N4O. The summed E-state index contributed by atoms with van der Waals surface area (Å²) in [6.45, 7) is 3.08. The molecule has 0 aliphatic heterocycles. The van der Waals surface area contributed by atoms with Crippen LogP contribution in [0.1, 0.15) is 26.7 Å². The molecular weight excluding hydrogens is 216 g/mol. The summed E-state index contributed by atoms with van der Waals surface area (Å²) < 4.78 is 0. The molecule has 5 nitrogen and oxygen atoms in total. The minimum absolute atomic E-state index is 0.316. The van der Waals surface area contributed by atoms with Crippen LogP contribution in [0.15, 0.2) is 0 Å². The average molecular weight is 228 g/mol. The zero-order chi connectivity index (χ0) is 13.5.